The van der Waals surface area contributed by atoms with E-state index in [1.807, 2.05) is 12.3 Å². The van der Waals surface area contributed by atoms with Gasteiger partial charge in [0.05, 0.1) is 0 Å². The molecule has 1 aromatic heterocycles. The summed E-state index contributed by atoms with van der Waals surface area (Å²) in [5, 5.41) is 10.8. The molecule has 1 saturated carbocycles. The van der Waals surface area contributed by atoms with Gasteiger partial charge < -0.3 is 9.84 Å². The zero-order chi connectivity index (χ0) is 19.3. The molecule has 0 unspecified atom stereocenters. The van der Waals surface area contributed by atoms with Gasteiger partial charge in [0.2, 0.25) is 0 Å². The van der Waals surface area contributed by atoms with Crippen LogP contribution >= 0.6 is 11.8 Å². The zero-order valence-corrected chi connectivity index (χ0v) is 18.5. The summed E-state index contributed by atoms with van der Waals surface area (Å²) in [7, 11) is -1.10. The lowest BCUT2D eigenvalue weighted by atomic mass is 9.94. The second-order valence-electron chi connectivity index (χ2n) is 8.64. The van der Waals surface area contributed by atoms with Crippen LogP contribution in [0.1, 0.15) is 30.9 Å². The number of hydrogen-bond acceptors (Lipinski definition) is 4. The average molecular weight is 405 g/mol. The summed E-state index contributed by atoms with van der Waals surface area (Å²) < 4.78 is 8.32. The van der Waals surface area contributed by atoms with E-state index in [1.54, 1.807) is 11.8 Å². The molecule has 1 aliphatic carbocycles. The highest BCUT2D eigenvalue weighted by Gasteiger charge is 2.31. The molecule has 1 fully saturated rings. The van der Waals surface area contributed by atoms with Gasteiger partial charge in [0, 0.05) is 44.0 Å². The van der Waals surface area contributed by atoms with Gasteiger partial charge in [0.1, 0.15) is 6.73 Å². The molecule has 1 aromatic carbocycles. The van der Waals surface area contributed by atoms with Crippen LogP contribution in [0.2, 0.25) is 25.7 Å². The molecule has 27 heavy (non-hydrogen) atoms. The Morgan fingerprint density at radius 2 is 2.00 bits per heavy atom. The van der Waals surface area contributed by atoms with Gasteiger partial charge in [-0.3, -0.25) is 4.57 Å². The summed E-state index contributed by atoms with van der Waals surface area (Å²) in [5.74, 6) is 0.727. The van der Waals surface area contributed by atoms with E-state index in [4.69, 9.17) is 9.72 Å². The summed E-state index contributed by atoms with van der Waals surface area (Å²) in [6, 6.07) is 11.5. The topological polar surface area (TPSA) is 47.3 Å². The largest absolute Gasteiger partial charge is 0.396 e. The zero-order valence-electron chi connectivity index (χ0n) is 16.7. The molecule has 2 atom stereocenters. The Labute approximate surface area is 168 Å². The minimum absolute atomic E-state index is 0.257. The van der Waals surface area contributed by atoms with Crippen LogP contribution in [0, 0.1) is 5.92 Å². The van der Waals surface area contributed by atoms with Crippen molar-refractivity contribution in [3.8, 4) is 0 Å². The molecular formula is C21H32N2O2SSi. The van der Waals surface area contributed by atoms with Gasteiger partial charge in [-0.05, 0) is 36.9 Å². The Morgan fingerprint density at radius 1 is 1.22 bits per heavy atom. The van der Waals surface area contributed by atoms with Crippen LogP contribution in [-0.2, 0) is 11.5 Å². The molecule has 0 radical (unpaired) electrons. The first-order valence-corrected chi connectivity index (χ1v) is 14.5. The highest BCUT2D eigenvalue weighted by molar-refractivity contribution is 7.99. The first kappa shape index (κ1) is 20.6. The first-order chi connectivity index (χ1) is 13.0. The van der Waals surface area contributed by atoms with Gasteiger partial charge in [-0.2, -0.15) is 0 Å². The van der Waals surface area contributed by atoms with Gasteiger partial charge in [-0.25, -0.2) is 4.98 Å². The predicted octanol–water partition coefficient (Wildman–Crippen LogP) is 5.22. The molecule has 0 amide bonds. The third kappa shape index (κ3) is 5.70. The highest BCUT2D eigenvalue weighted by Crippen LogP contribution is 2.41. The number of aromatic nitrogens is 2. The van der Waals surface area contributed by atoms with Gasteiger partial charge in [0.15, 0.2) is 5.16 Å². The van der Waals surface area contributed by atoms with E-state index in [9.17, 15) is 5.11 Å². The molecule has 0 saturated heterocycles. The highest BCUT2D eigenvalue weighted by atomic mass is 32.2. The number of aliphatic hydroxyl groups is 1. The van der Waals surface area contributed by atoms with Crippen molar-refractivity contribution in [1.82, 2.24) is 9.55 Å². The van der Waals surface area contributed by atoms with Crippen LogP contribution in [0.25, 0.3) is 0 Å². The van der Waals surface area contributed by atoms with E-state index in [-0.39, 0.29) is 6.61 Å². The fourth-order valence-corrected chi connectivity index (χ4v) is 5.29. The Kier molecular flexibility index (Phi) is 7.20. The van der Waals surface area contributed by atoms with Gasteiger partial charge in [0.25, 0.3) is 0 Å². The summed E-state index contributed by atoms with van der Waals surface area (Å²) in [6.45, 7) is 8.73. The van der Waals surface area contributed by atoms with Crippen LogP contribution in [0.4, 0.5) is 0 Å². The van der Waals surface area contributed by atoms with Crippen LogP contribution in [0.3, 0.4) is 0 Å². The van der Waals surface area contributed by atoms with Gasteiger partial charge >= 0.3 is 0 Å². The van der Waals surface area contributed by atoms with Crippen LogP contribution < -0.4 is 0 Å². The minimum atomic E-state index is -1.10. The van der Waals surface area contributed by atoms with Gasteiger partial charge in [-0.15, -0.1) is 0 Å². The van der Waals surface area contributed by atoms with E-state index in [0.29, 0.717) is 18.6 Å². The normalized spacial score (nSPS) is 20.3. The first-order valence-electron chi connectivity index (χ1n) is 9.95. The number of ether oxygens (including phenoxy) is 1. The lowest BCUT2D eigenvalue weighted by Crippen LogP contribution is -2.22. The summed E-state index contributed by atoms with van der Waals surface area (Å²) in [5.41, 5.74) is 1.22. The van der Waals surface area contributed by atoms with Crippen molar-refractivity contribution in [1.29, 1.82) is 0 Å². The lowest BCUT2D eigenvalue weighted by Gasteiger charge is -2.21. The van der Waals surface area contributed by atoms with Crippen LogP contribution in [0.5, 0.6) is 0 Å². The number of hydrogen-bond donors (Lipinski definition) is 1. The van der Waals surface area contributed by atoms with Crippen molar-refractivity contribution >= 4 is 19.8 Å². The Morgan fingerprint density at radius 3 is 2.70 bits per heavy atom. The number of rotatable bonds is 9. The second-order valence-corrected chi connectivity index (χ2v) is 15.3. The smallest absolute Gasteiger partial charge is 0.174 e. The van der Waals surface area contributed by atoms with E-state index < -0.39 is 8.07 Å². The molecule has 0 bridgehead atoms. The fraction of sp³-hybridized carbons (Fsp3) is 0.571. The van der Waals surface area contributed by atoms with Crippen LogP contribution in [-0.4, -0.2) is 35.9 Å². The maximum atomic E-state index is 9.77. The maximum absolute atomic E-state index is 9.77. The number of nitrogens with zero attached hydrogens (tertiary/aromatic N) is 2. The van der Waals surface area contributed by atoms with Crippen molar-refractivity contribution in [2.45, 2.75) is 67.6 Å². The summed E-state index contributed by atoms with van der Waals surface area (Å²) in [4.78, 5) is 5.91. The quantitative estimate of drug-likeness (QED) is 0.460. The molecule has 1 aliphatic rings. The Bertz CT molecular complexity index is 715. The fourth-order valence-electron chi connectivity index (χ4n) is 3.65. The SMILES string of the molecule is C[Si](C)(C)CCOCn1c([C@H]2CCC[C@@H]2CO)cnc1Sc1ccccc1. The third-order valence-corrected chi connectivity index (χ3v) is 8.01. The number of aliphatic hydroxyl groups excluding tert-OH is 1. The molecule has 1 heterocycles. The molecule has 4 nitrogen and oxygen atoms in total. The third-order valence-electron chi connectivity index (χ3n) is 5.29. The average Bonchev–Trinajstić information content (AvgIpc) is 3.25. The van der Waals surface area contributed by atoms with Crippen molar-refractivity contribution in [3.05, 3.63) is 42.2 Å². The van der Waals surface area contributed by atoms with Gasteiger partial charge in [-0.1, -0.05) is 56.0 Å². The molecule has 3 rings (SSSR count). The molecule has 1 N–H and O–H groups in total. The predicted molar refractivity (Wildman–Crippen MR) is 114 cm³/mol. The molecule has 6 heteroatoms. The number of imidazole rings is 1. The van der Waals surface area contributed by atoms with E-state index in [1.165, 1.54) is 23.1 Å². The second kappa shape index (κ2) is 9.41. The lowest BCUT2D eigenvalue weighted by molar-refractivity contribution is 0.0774. The Balaban J connectivity index is 1.78. The Hall–Kier alpha value is -1.08. The molecule has 2 aromatic rings. The monoisotopic (exact) mass is 404 g/mol. The van der Waals surface area contributed by atoms with Crippen molar-refractivity contribution in [2.24, 2.45) is 5.92 Å². The maximum Gasteiger partial charge on any atom is 0.174 e. The summed E-state index contributed by atoms with van der Waals surface area (Å²) in [6.07, 6.45) is 5.41. The van der Waals surface area contributed by atoms with Crippen LogP contribution in [0.15, 0.2) is 46.6 Å². The standard InChI is InChI=1S/C21H32N2O2SSi/c1-27(2,3)13-12-25-16-23-20(19-11-7-8-17(19)15-24)14-22-21(23)26-18-9-5-4-6-10-18/h4-6,9-10,14,17,19,24H,7-8,11-13,15-16H2,1-3H3/t17-,19+/m1/s1. The van der Waals surface area contributed by atoms with Crippen molar-refractivity contribution < 1.29 is 9.84 Å². The molecular weight excluding hydrogens is 372 g/mol. The van der Waals surface area contributed by atoms with E-state index in [0.717, 1.165) is 24.6 Å². The number of benzene rings is 1. The van der Waals surface area contributed by atoms with Crippen molar-refractivity contribution in [3.63, 3.8) is 0 Å². The van der Waals surface area contributed by atoms with Crippen molar-refractivity contribution in [2.75, 3.05) is 13.2 Å². The van der Waals surface area contributed by atoms with E-state index in [2.05, 4.69) is 48.5 Å². The molecule has 0 spiro atoms. The summed E-state index contributed by atoms with van der Waals surface area (Å²) >= 11 is 1.68. The molecule has 148 valence electrons. The minimum Gasteiger partial charge on any atom is -0.396 e. The molecule has 0 aliphatic heterocycles. The van der Waals surface area contributed by atoms with E-state index >= 15 is 0 Å².